The van der Waals surface area contributed by atoms with Gasteiger partial charge in [-0.2, -0.15) is 0 Å². The molecule has 5 rings (SSSR count). The zero-order valence-electron chi connectivity index (χ0n) is 13.8. The summed E-state index contributed by atoms with van der Waals surface area (Å²) in [5.74, 6) is 2.55. The smallest absolute Gasteiger partial charge is 0.115 e. The quantitative estimate of drug-likeness (QED) is 0.794. The summed E-state index contributed by atoms with van der Waals surface area (Å²) in [6.45, 7) is 3.99. The van der Waals surface area contributed by atoms with Gasteiger partial charge in [0.25, 0.3) is 0 Å². The summed E-state index contributed by atoms with van der Waals surface area (Å²) in [7, 11) is 0. The summed E-state index contributed by atoms with van der Waals surface area (Å²) in [6, 6.07) is 6.04. The first-order valence-corrected chi connectivity index (χ1v) is 9.22. The third-order valence-electron chi connectivity index (χ3n) is 7.33. The standard InChI is InChI=1S/C20H26O3/c1-20-7-6-15-14-5-3-13(21)10-12(14)2-4-16(15)17(20)11-18-19(20)23-9-8-22-18/h3,5,10,15-19,21H,2,4,6-9,11H2,1H3/t15-,16-,17+,18?,19?,20+/m1/s1. The maximum Gasteiger partial charge on any atom is 0.115 e. The number of fused-ring (bicyclic) bond motifs is 7. The highest BCUT2D eigenvalue weighted by Crippen LogP contribution is 2.62. The molecule has 1 aliphatic heterocycles. The Hall–Kier alpha value is -1.06. The van der Waals surface area contributed by atoms with Crippen molar-refractivity contribution in [3.63, 3.8) is 0 Å². The summed E-state index contributed by atoms with van der Waals surface area (Å²) < 4.78 is 12.2. The molecule has 2 unspecified atom stereocenters. The summed E-state index contributed by atoms with van der Waals surface area (Å²) >= 11 is 0. The molecule has 0 spiro atoms. The van der Waals surface area contributed by atoms with E-state index in [-0.39, 0.29) is 0 Å². The van der Waals surface area contributed by atoms with Crippen LogP contribution in [-0.4, -0.2) is 30.5 Å². The maximum atomic E-state index is 9.78. The zero-order chi connectivity index (χ0) is 15.6. The highest BCUT2D eigenvalue weighted by molar-refractivity contribution is 5.40. The molecule has 1 aromatic carbocycles. The Labute approximate surface area is 138 Å². The van der Waals surface area contributed by atoms with Crippen LogP contribution in [0, 0.1) is 17.3 Å². The van der Waals surface area contributed by atoms with E-state index >= 15 is 0 Å². The van der Waals surface area contributed by atoms with Gasteiger partial charge >= 0.3 is 0 Å². The highest BCUT2D eigenvalue weighted by Gasteiger charge is 2.59. The molecule has 0 aromatic heterocycles. The van der Waals surface area contributed by atoms with Crippen molar-refractivity contribution < 1.29 is 14.6 Å². The van der Waals surface area contributed by atoms with Gasteiger partial charge < -0.3 is 14.6 Å². The molecule has 0 amide bonds. The van der Waals surface area contributed by atoms with Crippen LogP contribution >= 0.6 is 0 Å². The fourth-order valence-corrected chi connectivity index (χ4v) is 6.34. The Bertz CT molecular complexity index is 627. The van der Waals surface area contributed by atoms with E-state index in [1.54, 1.807) is 0 Å². The molecule has 0 bridgehead atoms. The minimum Gasteiger partial charge on any atom is -0.508 e. The van der Waals surface area contributed by atoms with E-state index in [0.717, 1.165) is 31.5 Å². The van der Waals surface area contributed by atoms with E-state index in [4.69, 9.17) is 9.47 Å². The average Bonchev–Trinajstić information content (AvgIpc) is 2.87. The summed E-state index contributed by atoms with van der Waals surface area (Å²) in [5, 5.41) is 9.78. The molecule has 3 aliphatic carbocycles. The van der Waals surface area contributed by atoms with Crippen LogP contribution in [0.25, 0.3) is 0 Å². The molecule has 1 aromatic rings. The van der Waals surface area contributed by atoms with E-state index in [1.807, 2.05) is 12.1 Å². The van der Waals surface area contributed by atoms with Crippen molar-refractivity contribution in [1.29, 1.82) is 0 Å². The number of hydrogen-bond acceptors (Lipinski definition) is 3. The normalized spacial score (nSPS) is 44.8. The third kappa shape index (κ3) is 1.96. The molecule has 3 heteroatoms. The SMILES string of the molecule is C[C@]12CC[C@@H]3c4ccc(O)cc4CC[C@H]3[C@@H]1CC1OCCOC12. The van der Waals surface area contributed by atoms with Crippen LogP contribution in [0.1, 0.15) is 49.7 Å². The molecule has 1 saturated heterocycles. The number of benzene rings is 1. The van der Waals surface area contributed by atoms with Gasteiger partial charge in [0.1, 0.15) is 5.75 Å². The lowest BCUT2D eigenvalue weighted by Gasteiger charge is -2.50. The van der Waals surface area contributed by atoms with Crippen LogP contribution in [0.4, 0.5) is 0 Å². The number of rotatable bonds is 0. The van der Waals surface area contributed by atoms with E-state index < -0.39 is 0 Å². The van der Waals surface area contributed by atoms with Gasteiger partial charge in [-0.3, -0.25) is 0 Å². The van der Waals surface area contributed by atoms with Crippen LogP contribution in [0.15, 0.2) is 18.2 Å². The van der Waals surface area contributed by atoms with Gasteiger partial charge in [-0.05, 0) is 78.5 Å². The van der Waals surface area contributed by atoms with Crippen LogP contribution in [0.3, 0.4) is 0 Å². The fourth-order valence-electron chi connectivity index (χ4n) is 6.34. The molecule has 23 heavy (non-hydrogen) atoms. The lowest BCUT2D eigenvalue weighted by atomic mass is 9.55. The number of aryl methyl sites for hydroxylation is 1. The van der Waals surface area contributed by atoms with Crippen molar-refractivity contribution in [2.75, 3.05) is 13.2 Å². The van der Waals surface area contributed by atoms with Crippen LogP contribution in [0.5, 0.6) is 5.75 Å². The Kier molecular flexibility index (Phi) is 3.09. The van der Waals surface area contributed by atoms with Crippen molar-refractivity contribution in [1.82, 2.24) is 0 Å². The van der Waals surface area contributed by atoms with E-state index in [2.05, 4.69) is 13.0 Å². The zero-order valence-corrected chi connectivity index (χ0v) is 13.8. The topological polar surface area (TPSA) is 38.7 Å². The molecule has 3 fully saturated rings. The average molecular weight is 314 g/mol. The van der Waals surface area contributed by atoms with Crippen molar-refractivity contribution >= 4 is 0 Å². The first-order valence-electron chi connectivity index (χ1n) is 9.22. The Morgan fingerprint density at radius 1 is 1.17 bits per heavy atom. The molecule has 6 atom stereocenters. The monoisotopic (exact) mass is 314 g/mol. The summed E-state index contributed by atoms with van der Waals surface area (Å²) in [5.41, 5.74) is 3.16. The van der Waals surface area contributed by atoms with Crippen molar-refractivity contribution in [2.24, 2.45) is 17.3 Å². The maximum absolute atomic E-state index is 9.78. The van der Waals surface area contributed by atoms with Gasteiger partial charge in [0.05, 0.1) is 25.4 Å². The number of aromatic hydroxyl groups is 1. The van der Waals surface area contributed by atoms with Gasteiger partial charge in [0, 0.05) is 0 Å². The molecule has 4 aliphatic rings. The second kappa shape index (κ2) is 4.97. The molecule has 2 saturated carbocycles. The van der Waals surface area contributed by atoms with E-state index in [0.29, 0.717) is 29.3 Å². The predicted molar refractivity (Wildman–Crippen MR) is 87.6 cm³/mol. The Balaban J connectivity index is 1.50. The molecule has 3 nitrogen and oxygen atoms in total. The van der Waals surface area contributed by atoms with E-state index in [9.17, 15) is 5.11 Å². The van der Waals surface area contributed by atoms with Gasteiger partial charge in [0.2, 0.25) is 0 Å². The van der Waals surface area contributed by atoms with Gasteiger partial charge in [0.15, 0.2) is 0 Å². The highest BCUT2D eigenvalue weighted by atomic mass is 16.6. The minimum atomic E-state index is 0.292. The number of ether oxygens (including phenoxy) is 2. The summed E-state index contributed by atoms with van der Waals surface area (Å²) in [4.78, 5) is 0. The van der Waals surface area contributed by atoms with Crippen LogP contribution in [-0.2, 0) is 15.9 Å². The fraction of sp³-hybridized carbons (Fsp3) is 0.700. The first-order chi connectivity index (χ1) is 11.2. The molecular formula is C20H26O3. The van der Waals surface area contributed by atoms with Crippen molar-refractivity contribution in [3.05, 3.63) is 29.3 Å². The molecular weight excluding hydrogens is 288 g/mol. The molecule has 124 valence electrons. The minimum absolute atomic E-state index is 0.292. The van der Waals surface area contributed by atoms with Crippen molar-refractivity contribution in [3.8, 4) is 5.75 Å². The van der Waals surface area contributed by atoms with Gasteiger partial charge in [-0.1, -0.05) is 13.0 Å². The van der Waals surface area contributed by atoms with Crippen LogP contribution < -0.4 is 0 Å². The van der Waals surface area contributed by atoms with Crippen LogP contribution in [0.2, 0.25) is 0 Å². The largest absolute Gasteiger partial charge is 0.508 e. The Morgan fingerprint density at radius 2 is 2.04 bits per heavy atom. The second-order valence-corrected chi connectivity index (χ2v) is 8.28. The number of phenolic OH excluding ortho intramolecular Hbond substituents is 1. The predicted octanol–water partition coefficient (Wildman–Crippen LogP) is 3.64. The number of phenols is 1. The van der Waals surface area contributed by atoms with Gasteiger partial charge in [-0.15, -0.1) is 0 Å². The second-order valence-electron chi connectivity index (χ2n) is 8.28. The van der Waals surface area contributed by atoms with Gasteiger partial charge in [-0.25, -0.2) is 0 Å². The molecule has 0 radical (unpaired) electrons. The lowest BCUT2D eigenvalue weighted by molar-refractivity contribution is -0.162. The first kappa shape index (κ1) is 14.3. The summed E-state index contributed by atoms with van der Waals surface area (Å²) in [6.07, 6.45) is 6.65. The number of hydrogen-bond donors (Lipinski definition) is 1. The molecule has 1 N–H and O–H groups in total. The van der Waals surface area contributed by atoms with E-state index in [1.165, 1.54) is 36.8 Å². The van der Waals surface area contributed by atoms with Crippen molar-refractivity contribution in [2.45, 2.75) is 57.2 Å². The Morgan fingerprint density at radius 3 is 2.96 bits per heavy atom. The third-order valence-corrected chi connectivity index (χ3v) is 7.33. The lowest BCUT2D eigenvalue weighted by Crippen LogP contribution is -2.47. The molecule has 1 heterocycles.